The number of rotatable bonds is 6. The van der Waals surface area contributed by atoms with Gasteiger partial charge in [-0.3, -0.25) is 4.90 Å². The topological polar surface area (TPSA) is 51.2 Å². The molecule has 0 bridgehead atoms. The number of phenolic OH excluding ortho intramolecular Hbond substituents is 1. The molecule has 1 saturated heterocycles. The number of allylic oxidation sites excluding steroid dienone is 2. The summed E-state index contributed by atoms with van der Waals surface area (Å²) in [5.74, 6) is 2.27. The Morgan fingerprint density at radius 3 is 2.51 bits per heavy atom. The molecule has 1 heterocycles. The van der Waals surface area contributed by atoms with Crippen molar-refractivity contribution >= 4 is 11.1 Å². The lowest BCUT2D eigenvalue weighted by Gasteiger charge is -2.26. The van der Waals surface area contributed by atoms with Crippen LogP contribution in [0.3, 0.4) is 0 Å². The molecule has 35 heavy (non-hydrogen) atoms. The molecule has 180 valence electrons. The summed E-state index contributed by atoms with van der Waals surface area (Å²) in [6.07, 6.45) is 1.90. The Morgan fingerprint density at radius 2 is 1.71 bits per heavy atom. The Morgan fingerprint density at radius 1 is 0.914 bits per heavy atom. The molecule has 1 aliphatic heterocycles. The van der Waals surface area contributed by atoms with Gasteiger partial charge in [0.05, 0.1) is 20.3 Å². The van der Waals surface area contributed by atoms with Gasteiger partial charge < -0.3 is 19.3 Å². The van der Waals surface area contributed by atoms with Gasteiger partial charge in [0.15, 0.2) is 0 Å². The van der Waals surface area contributed by atoms with E-state index in [1.165, 1.54) is 39.0 Å². The van der Waals surface area contributed by atoms with Crippen molar-refractivity contribution in [2.75, 3.05) is 46.6 Å². The quantitative estimate of drug-likeness (QED) is 0.544. The minimum Gasteiger partial charge on any atom is -0.508 e. The zero-order chi connectivity index (χ0) is 23.8. The molecule has 1 fully saturated rings. The van der Waals surface area contributed by atoms with Crippen LogP contribution in [0.1, 0.15) is 40.2 Å². The van der Waals surface area contributed by atoms with Crippen LogP contribution in [-0.4, -0.2) is 56.6 Å². The first kappa shape index (κ1) is 22.2. The van der Waals surface area contributed by atoms with Crippen LogP contribution >= 0.6 is 0 Å². The van der Waals surface area contributed by atoms with E-state index in [-0.39, 0.29) is 5.92 Å². The predicted molar refractivity (Wildman–Crippen MR) is 137 cm³/mol. The maximum atomic E-state index is 10.1. The smallest absolute Gasteiger partial charge is 0.119 e. The van der Waals surface area contributed by atoms with Crippen LogP contribution in [0, 0.1) is 0 Å². The van der Waals surface area contributed by atoms with Gasteiger partial charge in [0.2, 0.25) is 0 Å². The van der Waals surface area contributed by atoms with Gasteiger partial charge in [-0.1, -0.05) is 24.3 Å². The molecule has 5 heteroatoms. The van der Waals surface area contributed by atoms with Crippen LogP contribution in [0.25, 0.3) is 11.1 Å². The monoisotopic (exact) mass is 469 g/mol. The molecule has 3 aliphatic rings. The van der Waals surface area contributed by atoms with E-state index in [9.17, 15) is 5.11 Å². The lowest BCUT2D eigenvalue weighted by atomic mass is 9.80. The van der Waals surface area contributed by atoms with Gasteiger partial charge in [-0.05, 0) is 88.2 Å². The number of fused-ring (bicyclic) bond motifs is 4. The molecule has 0 saturated carbocycles. The maximum Gasteiger partial charge on any atom is 0.119 e. The molecule has 0 spiro atoms. The van der Waals surface area contributed by atoms with Gasteiger partial charge in [0, 0.05) is 25.6 Å². The standard InChI is InChI=1S/C30H31NO4/c1-33-24-8-11-26-28(19-24)27-9-4-21-18-22(32)5-10-25(21)30(27)29(26)20-2-6-23(7-3-20)35-17-14-31-12-15-34-16-13-31/h2-3,5-8,10-11,18-19,29,32H,4,9,12-17H2,1H3. The van der Waals surface area contributed by atoms with Gasteiger partial charge in [0.1, 0.15) is 23.9 Å². The summed E-state index contributed by atoms with van der Waals surface area (Å²) in [5.41, 5.74) is 9.07. The first-order chi connectivity index (χ1) is 17.2. The number of hydrogen-bond donors (Lipinski definition) is 1. The number of nitrogens with zero attached hydrogens (tertiary/aromatic N) is 1. The van der Waals surface area contributed by atoms with E-state index in [0.29, 0.717) is 12.4 Å². The third-order valence-corrected chi connectivity index (χ3v) is 7.53. The summed E-state index contributed by atoms with van der Waals surface area (Å²) < 4.78 is 17.0. The average molecular weight is 470 g/mol. The number of phenols is 1. The Balaban J connectivity index is 1.30. The molecule has 5 nitrogen and oxygen atoms in total. The molecule has 3 aromatic rings. The molecular weight excluding hydrogens is 438 g/mol. The summed E-state index contributed by atoms with van der Waals surface area (Å²) in [5, 5.41) is 10.1. The van der Waals surface area contributed by atoms with Gasteiger partial charge in [-0.25, -0.2) is 0 Å². The molecule has 0 amide bonds. The number of aromatic hydroxyl groups is 1. The van der Waals surface area contributed by atoms with Crippen LogP contribution in [0.5, 0.6) is 17.2 Å². The van der Waals surface area contributed by atoms with Gasteiger partial charge in [-0.2, -0.15) is 0 Å². The van der Waals surface area contributed by atoms with E-state index in [1.807, 2.05) is 6.07 Å². The molecule has 3 aromatic carbocycles. The number of aryl methyl sites for hydroxylation is 1. The van der Waals surface area contributed by atoms with E-state index in [1.54, 1.807) is 13.2 Å². The van der Waals surface area contributed by atoms with Gasteiger partial charge in [0.25, 0.3) is 0 Å². The van der Waals surface area contributed by atoms with Crippen molar-refractivity contribution in [1.82, 2.24) is 4.90 Å². The first-order valence-electron chi connectivity index (χ1n) is 12.5. The summed E-state index contributed by atoms with van der Waals surface area (Å²) in [7, 11) is 1.72. The molecule has 2 aliphatic carbocycles. The van der Waals surface area contributed by atoms with Crippen molar-refractivity contribution in [2.45, 2.75) is 18.8 Å². The van der Waals surface area contributed by atoms with Gasteiger partial charge in [-0.15, -0.1) is 0 Å². The lowest BCUT2D eigenvalue weighted by Crippen LogP contribution is -2.38. The number of morpholine rings is 1. The maximum absolute atomic E-state index is 10.1. The highest BCUT2D eigenvalue weighted by molar-refractivity contribution is 6.03. The Kier molecular flexibility index (Phi) is 5.96. The van der Waals surface area contributed by atoms with Crippen molar-refractivity contribution in [1.29, 1.82) is 0 Å². The lowest BCUT2D eigenvalue weighted by molar-refractivity contribution is 0.0322. The van der Waals surface area contributed by atoms with Crippen LogP contribution in [0.2, 0.25) is 0 Å². The molecule has 1 unspecified atom stereocenters. The number of hydrogen-bond acceptors (Lipinski definition) is 5. The number of ether oxygens (including phenoxy) is 3. The summed E-state index contributed by atoms with van der Waals surface area (Å²) in [6.45, 7) is 5.17. The number of benzene rings is 3. The van der Waals surface area contributed by atoms with Crippen LogP contribution in [0.4, 0.5) is 0 Å². The fourth-order valence-electron chi connectivity index (χ4n) is 5.77. The van der Waals surface area contributed by atoms with Crippen LogP contribution in [0.15, 0.2) is 60.7 Å². The summed E-state index contributed by atoms with van der Waals surface area (Å²) >= 11 is 0. The normalized spacial score (nSPS) is 19.2. The van der Waals surface area contributed by atoms with Crippen LogP contribution in [-0.2, 0) is 11.2 Å². The van der Waals surface area contributed by atoms with Crippen molar-refractivity contribution in [3.63, 3.8) is 0 Å². The summed E-state index contributed by atoms with van der Waals surface area (Å²) in [6, 6.07) is 20.9. The molecule has 1 N–H and O–H groups in total. The van der Waals surface area contributed by atoms with Crippen molar-refractivity contribution in [3.8, 4) is 17.2 Å². The van der Waals surface area contributed by atoms with E-state index in [4.69, 9.17) is 14.2 Å². The second-order valence-corrected chi connectivity index (χ2v) is 9.49. The number of methoxy groups -OCH3 is 1. The second-order valence-electron chi connectivity index (χ2n) is 9.49. The highest BCUT2D eigenvalue weighted by Gasteiger charge is 2.36. The highest BCUT2D eigenvalue weighted by atomic mass is 16.5. The van der Waals surface area contributed by atoms with Crippen molar-refractivity contribution in [2.24, 2.45) is 0 Å². The average Bonchev–Trinajstić information content (AvgIpc) is 3.23. The largest absolute Gasteiger partial charge is 0.508 e. The van der Waals surface area contributed by atoms with Crippen LogP contribution < -0.4 is 9.47 Å². The Labute approximate surface area is 206 Å². The second kappa shape index (κ2) is 9.40. The summed E-state index contributed by atoms with van der Waals surface area (Å²) in [4.78, 5) is 2.38. The molecular formula is C30H31NO4. The Hall–Kier alpha value is -3.28. The minimum atomic E-state index is 0.150. The molecule has 6 rings (SSSR count). The third-order valence-electron chi connectivity index (χ3n) is 7.53. The van der Waals surface area contributed by atoms with E-state index in [2.05, 4.69) is 53.4 Å². The SMILES string of the molecule is COc1ccc2c(c1)C1=C(c3ccc(O)cc3CC1)C2c1ccc(OCCN2CCOCC2)cc1. The fraction of sp³-hybridized carbons (Fsp3) is 0.333. The predicted octanol–water partition coefficient (Wildman–Crippen LogP) is 5.11. The van der Waals surface area contributed by atoms with E-state index < -0.39 is 0 Å². The fourth-order valence-corrected chi connectivity index (χ4v) is 5.77. The van der Waals surface area contributed by atoms with E-state index >= 15 is 0 Å². The molecule has 1 atom stereocenters. The first-order valence-corrected chi connectivity index (χ1v) is 12.5. The van der Waals surface area contributed by atoms with Crippen molar-refractivity contribution in [3.05, 3.63) is 88.5 Å². The zero-order valence-electron chi connectivity index (χ0n) is 20.1. The zero-order valence-corrected chi connectivity index (χ0v) is 20.1. The van der Waals surface area contributed by atoms with Gasteiger partial charge >= 0.3 is 0 Å². The minimum absolute atomic E-state index is 0.150. The van der Waals surface area contributed by atoms with E-state index in [0.717, 1.165) is 57.2 Å². The molecule has 0 radical (unpaired) electrons. The third kappa shape index (κ3) is 4.19. The highest BCUT2D eigenvalue weighted by Crippen LogP contribution is 2.55. The Bertz CT molecular complexity index is 1260. The molecule has 0 aromatic heterocycles. The van der Waals surface area contributed by atoms with Crippen molar-refractivity contribution < 1.29 is 19.3 Å².